The zero-order valence-corrected chi connectivity index (χ0v) is 19.3. The van der Waals surface area contributed by atoms with Gasteiger partial charge < -0.3 is 15.4 Å². The highest BCUT2D eigenvalue weighted by Gasteiger charge is 2.55. The summed E-state index contributed by atoms with van der Waals surface area (Å²) in [6, 6.07) is 11.1. The first-order chi connectivity index (χ1) is 15.0. The highest BCUT2D eigenvalue weighted by molar-refractivity contribution is 6.42. The number of nitriles is 3. The number of allylic oxidation sites excluding steroid dienone is 2. The molecule has 1 heterocycles. The molecule has 164 valence electrons. The van der Waals surface area contributed by atoms with Crippen LogP contribution in [0.1, 0.15) is 32.3 Å². The molecule has 2 unspecified atom stereocenters. The number of ether oxygens (including phenoxy) is 1. The summed E-state index contributed by atoms with van der Waals surface area (Å²) in [5, 5.41) is 30.5. The minimum absolute atomic E-state index is 0.0799. The third-order valence-corrected chi connectivity index (χ3v) is 6.47. The van der Waals surface area contributed by atoms with Crippen molar-refractivity contribution in [3.8, 4) is 18.2 Å². The molecule has 32 heavy (non-hydrogen) atoms. The summed E-state index contributed by atoms with van der Waals surface area (Å²) < 4.78 is 5.50. The van der Waals surface area contributed by atoms with Crippen LogP contribution in [0, 0.1) is 45.3 Å². The van der Waals surface area contributed by atoms with E-state index in [1.165, 1.54) is 4.90 Å². The summed E-state index contributed by atoms with van der Waals surface area (Å²) in [6.45, 7) is 5.59. The molecule has 1 aromatic rings. The minimum Gasteiger partial charge on any atom is -0.444 e. The smallest absolute Gasteiger partial charge is 0.410 e. The fourth-order valence-corrected chi connectivity index (χ4v) is 4.69. The van der Waals surface area contributed by atoms with E-state index < -0.39 is 28.9 Å². The predicted molar refractivity (Wildman–Crippen MR) is 119 cm³/mol. The average Bonchev–Trinajstić information content (AvgIpc) is 2.74. The molecule has 0 radical (unpaired) electrons. The van der Waals surface area contributed by atoms with Gasteiger partial charge >= 0.3 is 6.09 Å². The fraction of sp³-hybridized carbons (Fsp3) is 0.391. The first kappa shape index (κ1) is 23.5. The van der Waals surface area contributed by atoms with Gasteiger partial charge in [-0.25, -0.2) is 4.79 Å². The number of nitrogens with zero attached hydrogens (tertiary/aromatic N) is 4. The first-order valence-corrected chi connectivity index (χ1v) is 10.6. The lowest BCUT2D eigenvalue weighted by Crippen LogP contribution is -2.50. The SMILES string of the molecule is CC(C)(C)OC(=O)N1CC=C2C(C#N)=C(N)C(C#N)(C#N)C(c3cccc(Cl)c3Cl)C2C1. The van der Waals surface area contributed by atoms with Crippen LogP contribution < -0.4 is 5.73 Å². The van der Waals surface area contributed by atoms with E-state index in [1.54, 1.807) is 45.0 Å². The predicted octanol–water partition coefficient (Wildman–Crippen LogP) is 4.65. The lowest BCUT2D eigenvalue weighted by atomic mass is 9.58. The number of carbonyl (C=O) groups is 1. The van der Waals surface area contributed by atoms with Gasteiger partial charge in [0.15, 0.2) is 5.41 Å². The van der Waals surface area contributed by atoms with Crippen molar-refractivity contribution in [2.75, 3.05) is 13.1 Å². The van der Waals surface area contributed by atoms with Crippen molar-refractivity contribution in [1.29, 1.82) is 15.8 Å². The monoisotopic (exact) mass is 469 g/mol. The molecular formula is C23H21Cl2N5O2. The summed E-state index contributed by atoms with van der Waals surface area (Å²) in [7, 11) is 0. The van der Waals surface area contributed by atoms with Crippen molar-refractivity contribution < 1.29 is 9.53 Å². The van der Waals surface area contributed by atoms with Crippen LogP contribution in [-0.4, -0.2) is 29.7 Å². The van der Waals surface area contributed by atoms with E-state index in [-0.39, 0.29) is 34.4 Å². The lowest BCUT2D eigenvalue weighted by molar-refractivity contribution is 0.0225. The Labute approximate surface area is 196 Å². The third-order valence-electron chi connectivity index (χ3n) is 5.63. The van der Waals surface area contributed by atoms with E-state index in [4.69, 9.17) is 33.7 Å². The van der Waals surface area contributed by atoms with E-state index in [0.717, 1.165) is 0 Å². The molecule has 2 aliphatic rings. The Hall–Kier alpha value is -3.18. The Morgan fingerprint density at radius 1 is 1.25 bits per heavy atom. The van der Waals surface area contributed by atoms with Crippen LogP contribution in [0.5, 0.6) is 0 Å². The second-order valence-corrected chi connectivity index (χ2v) is 9.49. The van der Waals surface area contributed by atoms with Crippen molar-refractivity contribution in [2.24, 2.45) is 17.1 Å². The fourth-order valence-electron chi connectivity index (χ4n) is 4.26. The van der Waals surface area contributed by atoms with Crippen molar-refractivity contribution in [2.45, 2.75) is 32.3 Å². The second-order valence-electron chi connectivity index (χ2n) is 8.70. The number of nitrogens with two attached hydrogens (primary N) is 1. The molecule has 0 bridgehead atoms. The average molecular weight is 470 g/mol. The quantitative estimate of drug-likeness (QED) is 0.636. The third kappa shape index (κ3) is 3.78. The standard InChI is InChI=1S/C23H21Cl2N5O2/c1-22(2,3)32-21(31)30-8-7-13-15(9-26)20(29)23(11-27,12-28)18(16(13)10-30)14-5-4-6-17(24)19(14)25/h4-7,16,18H,8,10,29H2,1-3H3. The second kappa shape index (κ2) is 8.40. The molecular weight excluding hydrogens is 449 g/mol. The van der Waals surface area contributed by atoms with Crippen LogP contribution in [0.4, 0.5) is 4.79 Å². The van der Waals surface area contributed by atoms with Gasteiger partial charge in [-0.2, -0.15) is 15.8 Å². The topological polar surface area (TPSA) is 127 Å². The number of hydrogen-bond donors (Lipinski definition) is 1. The van der Waals surface area contributed by atoms with Crippen LogP contribution in [0.3, 0.4) is 0 Å². The molecule has 1 aliphatic heterocycles. The van der Waals surface area contributed by atoms with Crippen molar-refractivity contribution in [3.63, 3.8) is 0 Å². The number of amides is 1. The van der Waals surface area contributed by atoms with Crippen molar-refractivity contribution in [3.05, 3.63) is 56.7 Å². The van der Waals surface area contributed by atoms with Crippen LogP contribution >= 0.6 is 23.2 Å². The van der Waals surface area contributed by atoms with Gasteiger partial charge in [0.2, 0.25) is 0 Å². The zero-order valence-electron chi connectivity index (χ0n) is 17.8. The normalized spacial score (nSPS) is 22.1. The van der Waals surface area contributed by atoms with E-state index in [9.17, 15) is 20.6 Å². The van der Waals surface area contributed by atoms with Gasteiger partial charge in [-0.05, 0) is 38.0 Å². The largest absolute Gasteiger partial charge is 0.444 e. The molecule has 0 saturated heterocycles. The Kier molecular flexibility index (Phi) is 6.16. The highest BCUT2D eigenvalue weighted by atomic mass is 35.5. The van der Waals surface area contributed by atoms with E-state index >= 15 is 0 Å². The molecule has 1 aliphatic carbocycles. The van der Waals surface area contributed by atoms with E-state index in [0.29, 0.717) is 11.1 Å². The summed E-state index contributed by atoms with van der Waals surface area (Å²) in [5.74, 6) is -1.47. The van der Waals surface area contributed by atoms with Crippen LogP contribution in [0.25, 0.3) is 0 Å². The van der Waals surface area contributed by atoms with Crippen LogP contribution in [-0.2, 0) is 4.74 Å². The highest BCUT2D eigenvalue weighted by Crippen LogP contribution is 2.55. The Morgan fingerprint density at radius 2 is 1.91 bits per heavy atom. The molecule has 0 saturated carbocycles. The summed E-state index contributed by atoms with van der Waals surface area (Å²) in [6.07, 6.45) is 1.18. The number of halogens is 2. The van der Waals surface area contributed by atoms with Gasteiger partial charge in [-0.1, -0.05) is 41.4 Å². The van der Waals surface area contributed by atoms with Gasteiger partial charge in [-0.15, -0.1) is 0 Å². The maximum absolute atomic E-state index is 12.8. The molecule has 0 aromatic heterocycles. The van der Waals surface area contributed by atoms with Crippen LogP contribution in [0.15, 0.2) is 41.1 Å². The molecule has 0 fully saturated rings. The van der Waals surface area contributed by atoms with E-state index in [1.807, 2.05) is 18.2 Å². The molecule has 7 nitrogen and oxygen atoms in total. The molecule has 1 aromatic carbocycles. The zero-order chi connectivity index (χ0) is 23.8. The number of hydrogen-bond acceptors (Lipinski definition) is 6. The molecule has 2 N–H and O–H groups in total. The number of fused-ring (bicyclic) bond motifs is 1. The maximum atomic E-state index is 12.8. The van der Waals surface area contributed by atoms with Gasteiger partial charge in [0.1, 0.15) is 11.7 Å². The van der Waals surface area contributed by atoms with Gasteiger partial charge in [0, 0.05) is 24.9 Å². The lowest BCUT2D eigenvalue weighted by Gasteiger charge is -2.45. The van der Waals surface area contributed by atoms with Gasteiger partial charge in [0.05, 0.1) is 33.5 Å². The van der Waals surface area contributed by atoms with Gasteiger partial charge in [0.25, 0.3) is 0 Å². The maximum Gasteiger partial charge on any atom is 0.410 e. The molecule has 3 rings (SSSR count). The Balaban J connectivity index is 2.24. The van der Waals surface area contributed by atoms with Crippen molar-refractivity contribution >= 4 is 29.3 Å². The van der Waals surface area contributed by atoms with Crippen LogP contribution in [0.2, 0.25) is 10.0 Å². The number of carbonyl (C=O) groups excluding carboxylic acids is 1. The molecule has 9 heteroatoms. The first-order valence-electron chi connectivity index (χ1n) is 9.85. The molecule has 0 spiro atoms. The number of benzene rings is 1. The molecule has 2 atom stereocenters. The van der Waals surface area contributed by atoms with E-state index in [2.05, 4.69) is 0 Å². The summed E-state index contributed by atoms with van der Waals surface area (Å²) in [4.78, 5) is 14.2. The summed E-state index contributed by atoms with van der Waals surface area (Å²) >= 11 is 12.7. The number of rotatable bonds is 1. The molecule has 1 amide bonds. The Bertz CT molecular complexity index is 1150. The minimum atomic E-state index is -1.88. The van der Waals surface area contributed by atoms with Gasteiger partial charge in [-0.3, -0.25) is 0 Å². The van der Waals surface area contributed by atoms with Crippen molar-refractivity contribution in [1.82, 2.24) is 4.90 Å². The summed E-state index contributed by atoms with van der Waals surface area (Å²) in [5.41, 5.74) is 4.68. The Morgan fingerprint density at radius 3 is 2.47 bits per heavy atom.